The molecule has 0 N–H and O–H groups in total. The number of amides is 1. The van der Waals surface area contributed by atoms with E-state index in [2.05, 4.69) is 4.98 Å². The Hall–Kier alpha value is -2.76. The summed E-state index contributed by atoms with van der Waals surface area (Å²) in [5, 5.41) is 10.9. The Morgan fingerprint density at radius 2 is 2.22 bits per heavy atom. The standard InChI is InChI=1S/C17H17N3O3/c1-12-10-13(6-7-15(12)20(22)23)17(21)19-9-3-5-16(19)14-4-2-8-18-11-14/h2,4,6-8,10-11,16H,3,5,9H2,1H3. The van der Waals surface area contributed by atoms with Crippen LogP contribution in [0.2, 0.25) is 0 Å². The minimum Gasteiger partial charge on any atom is -0.332 e. The Morgan fingerprint density at radius 3 is 2.87 bits per heavy atom. The van der Waals surface area contributed by atoms with Crippen molar-refractivity contribution in [3.05, 3.63) is 69.5 Å². The first-order chi connectivity index (χ1) is 11.1. The maximum Gasteiger partial charge on any atom is 0.272 e. The third-order valence-corrected chi connectivity index (χ3v) is 4.22. The van der Waals surface area contributed by atoms with Crippen molar-refractivity contribution in [2.45, 2.75) is 25.8 Å². The Morgan fingerprint density at radius 1 is 1.39 bits per heavy atom. The van der Waals surface area contributed by atoms with E-state index in [1.54, 1.807) is 25.4 Å². The van der Waals surface area contributed by atoms with Gasteiger partial charge in [0.05, 0.1) is 11.0 Å². The molecular formula is C17H17N3O3. The van der Waals surface area contributed by atoms with Gasteiger partial charge in [0.2, 0.25) is 0 Å². The summed E-state index contributed by atoms with van der Waals surface area (Å²) in [5.41, 5.74) is 2.05. The monoisotopic (exact) mass is 311 g/mol. The Balaban J connectivity index is 1.87. The van der Waals surface area contributed by atoms with Crippen LogP contribution in [-0.4, -0.2) is 27.3 Å². The number of hydrogen-bond acceptors (Lipinski definition) is 4. The molecule has 0 radical (unpaired) electrons. The molecule has 1 atom stereocenters. The van der Waals surface area contributed by atoms with Gasteiger partial charge in [-0.15, -0.1) is 0 Å². The maximum atomic E-state index is 12.8. The third kappa shape index (κ3) is 2.92. The molecular weight excluding hydrogens is 294 g/mol. The van der Waals surface area contributed by atoms with Crippen molar-refractivity contribution < 1.29 is 9.72 Å². The normalized spacial score (nSPS) is 17.3. The fourth-order valence-electron chi connectivity index (χ4n) is 3.09. The van der Waals surface area contributed by atoms with E-state index in [1.807, 2.05) is 17.0 Å². The molecule has 2 aromatic rings. The van der Waals surface area contributed by atoms with Crippen LogP contribution in [0.4, 0.5) is 5.69 Å². The molecule has 1 unspecified atom stereocenters. The second-order valence-corrected chi connectivity index (χ2v) is 5.70. The largest absolute Gasteiger partial charge is 0.332 e. The van der Waals surface area contributed by atoms with Crippen LogP contribution in [0.25, 0.3) is 0 Å². The summed E-state index contributed by atoms with van der Waals surface area (Å²) >= 11 is 0. The van der Waals surface area contributed by atoms with Crippen LogP contribution in [0.3, 0.4) is 0 Å². The Kier molecular flexibility index (Phi) is 4.06. The van der Waals surface area contributed by atoms with E-state index in [9.17, 15) is 14.9 Å². The van der Waals surface area contributed by atoms with Crippen molar-refractivity contribution in [3.63, 3.8) is 0 Å². The summed E-state index contributed by atoms with van der Waals surface area (Å²) in [4.78, 5) is 29.2. The van der Waals surface area contributed by atoms with Crippen molar-refractivity contribution in [1.29, 1.82) is 0 Å². The molecule has 1 aromatic heterocycles. The van der Waals surface area contributed by atoms with Crippen molar-refractivity contribution >= 4 is 11.6 Å². The van der Waals surface area contributed by atoms with Crippen molar-refractivity contribution in [3.8, 4) is 0 Å². The summed E-state index contributed by atoms with van der Waals surface area (Å²) in [7, 11) is 0. The molecule has 1 aromatic carbocycles. The quantitative estimate of drug-likeness (QED) is 0.644. The van der Waals surface area contributed by atoms with Crippen molar-refractivity contribution in [2.24, 2.45) is 0 Å². The number of nitro groups is 1. The number of carbonyl (C=O) groups is 1. The second kappa shape index (κ2) is 6.16. The lowest BCUT2D eigenvalue weighted by Gasteiger charge is -2.25. The Bertz CT molecular complexity index is 746. The predicted molar refractivity (Wildman–Crippen MR) is 85.1 cm³/mol. The lowest BCUT2D eigenvalue weighted by molar-refractivity contribution is -0.385. The number of benzene rings is 1. The summed E-state index contributed by atoms with van der Waals surface area (Å²) in [6.45, 7) is 2.34. The highest BCUT2D eigenvalue weighted by atomic mass is 16.6. The average molecular weight is 311 g/mol. The van der Waals surface area contributed by atoms with Crippen molar-refractivity contribution in [2.75, 3.05) is 6.54 Å². The number of nitro benzene ring substituents is 1. The van der Waals surface area contributed by atoms with Crippen LogP contribution in [0.15, 0.2) is 42.7 Å². The number of likely N-dealkylation sites (tertiary alicyclic amines) is 1. The van der Waals surface area contributed by atoms with Crippen LogP contribution in [0.5, 0.6) is 0 Å². The SMILES string of the molecule is Cc1cc(C(=O)N2CCCC2c2cccnc2)ccc1[N+](=O)[O-]. The van der Waals surface area contributed by atoms with Crippen LogP contribution < -0.4 is 0 Å². The fourth-order valence-corrected chi connectivity index (χ4v) is 3.09. The summed E-state index contributed by atoms with van der Waals surface area (Å²) in [6.07, 6.45) is 5.35. The van der Waals surface area contributed by atoms with Gasteiger partial charge in [0, 0.05) is 36.1 Å². The van der Waals surface area contributed by atoms with E-state index in [0.29, 0.717) is 17.7 Å². The van der Waals surface area contributed by atoms with Crippen LogP contribution >= 0.6 is 0 Å². The zero-order valence-corrected chi connectivity index (χ0v) is 12.8. The van der Waals surface area contributed by atoms with E-state index in [4.69, 9.17) is 0 Å². The fraction of sp³-hybridized carbons (Fsp3) is 0.294. The van der Waals surface area contributed by atoms with Gasteiger partial charge in [-0.2, -0.15) is 0 Å². The molecule has 0 spiro atoms. The molecule has 1 fully saturated rings. The topological polar surface area (TPSA) is 76.3 Å². The highest BCUT2D eigenvalue weighted by Gasteiger charge is 2.31. The zero-order valence-electron chi connectivity index (χ0n) is 12.8. The Labute approximate surface area is 133 Å². The van der Waals surface area contributed by atoms with Gasteiger partial charge < -0.3 is 4.90 Å². The first kappa shape index (κ1) is 15.1. The number of aromatic nitrogens is 1. The maximum absolute atomic E-state index is 12.8. The minimum atomic E-state index is -0.433. The molecule has 1 aliphatic heterocycles. The molecule has 0 bridgehead atoms. The number of nitrogens with zero attached hydrogens (tertiary/aromatic N) is 3. The third-order valence-electron chi connectivity index (χ3n) is 4.22. The molecule has 23 heavy (non-hydrogen) atoms. The number of aryl methyl sites for hydroxylation is 1. The van der Waals surface area contributed by atoms with Crippen molar-refractivity contribution in [1.82, 2.24) is 9.88 Å². The molecule has 1 saturated heterocycles. The number of carbonyl (C=O) groups excluding carboxylic acids is 1. The lowest BCUT2D eigenvalue weighted by atomic mass is 10.0. The lowest BCUT2D eigenvalue weighted by Crippen LogP contribution is -2.30. The molecule has 6 nitrogen and oxygen atoms in total. The van der Waals surface area contributed by atoms with E-state index in [1.165, 1.54) is 12.1 Å². The van der Waals surface area contributed by atoms with Gasteiger partial charge in [-0.05, 0) is 43.5 Å². The van der Waals surface area contributed by atoms with Gasteiger partial charge in [-0.25, -0.2) is 0 Å². The molecule has 1 aliphatic rings. The molecule has 0 aliphatic carbocycles. The summed E-state index contributed by atoms with van der Waals surface area (Å²) in [6, 6.07) is 8.39. The van der Waals surface area contributed by atoms with Crippen LogP contribution in [-0.2, 0) is 0 Å². The average Bonchev–Trinajstić information content (AvgIpc) is 3.04. The van der Waals surface area contributed by atoms with E-state index in [0.717, 1.165) is 18.4 Å². The van der Waals surface area contributed by atoms with E-state index >= 15 is 0 Å². The number of rotatable bonds is 3. The first-order valence-electron chi connectivity index (χ1n) is 7.54. The van der Waals surface area contributed by atoms with Gasteiger partial charge in [-0.1, -0.05) is 6.07 Å². The van der Waals surface area contributed by atoms with Crippen LogP contribution in [0.1, 0.15) is 40.4 Å². The molecule has 118 valence electrons. The van der Waals surface area contributed by atoms with Gasteiger partial charge in [0.15, 0.2) is 0 Å². The molecule has 6 heteroatoms. The van der Waals surface area contributed by atoms with E-state index in [-0.39, 0.29) is 17.6 Å². The first-order valence-corrected chi connectivity index (χ1v) is 7.54. The summed E-state index contributed by atoms with van der Waals surface area (Å²) < 4.78 is 0. The number of hydrogen-bond donors (Lipinski definition) is 0. The smallest absolute Gasteiger partial charge is 0.272 e. The van der Waals surface area contributed by atoms with Gasteiger partial charge in [0.25, 0.3) is 11.6 Å². The van der Waals surface area contributed by atoms with Gasteiger partial charge in [0.1, 0.15) is 0 Å². The zero-order chi connectivity index (χ0) is 16.4. The van der Waals surface area contributed by atoms with Crippen LogP contribution in [0, 0.1) is 17.0 Å². The molecule has 3 rings (SSSR count). The highest BCUT2D eigenvalue weighted by molar-refractivity contribution is 5.95. The highest BCUT2D eigenvalue weighted by Crippen LogP contribution is 2.33. The van der Waals surface area contributed by atoms with Gasteiger partial charge >= 0.3 is 0 Å². The van der Waals surface area contributed by atoms with Gasteiger partial charge in [-0.3, -0.25) is 19.9 Å². The molecule has 1 amide bonds. The molecule has 2 heterocycles. The predicted octanol–water partition coefficient (Wildman–Crippen LogP) is 3.28. The van der Waals surface area contributed by atoms with E-state index < -0.39 is 4.92 Å². The minimum absolute atomic E-state index is 0.0201. The number of pyridine rings is 1. The summed E-state index contributed by atoms with van der Waals surface area (Å²) in [5.74, 6) is -0.0886. The molecule has 0 saturated carbocycles. The second-order valence-electron chi connectivity index (χ2n) is 5.70.